The van der Waals surface area contributed by atoms with E-state index in [1.165, 1.54) is 12.1 Å². The van der Waals surface area contributed by atoms with Gasteiger partial charge in [-0.05, 0) is 18.2 Å². The fourth-order valence-electron chi connectivity index (χ4n) is 1.34. The summed E-state index contributed by atoms with van der Waals surface area (Å²) in [5.41, 5.74) is 4.22. The molecule has 0 unspecified atom stereocenters. The van der Waals surface area contributed by atoms with Crippen molar-refractivity contribution in [3.63, 3.8) is 0 Å². The number of nitrogens with two attached hydrogens (primary N) is 1. The molecule has 0 radical (unpaired) electrons. The smallest absolute Gasteiger partial charge is 0.382 e. The Morgan fingerprint density at radius 1 is 1.33 bits per heavy atom. The molecule has 3 nitrogen and oxygen atoms in total. The normalized spacial score (nSPS) is 11.5. The van der Waals surface area contributed by atoms with Crippen LogP contribution < -0.4 is 11.1 Å². The summed E-state index contributed by atoms with van der Waals surface area (Å²) in [5.74, 6) is 0. The molecule has 0 aromatic heterocycles. The van der Waals surface area contributed by atoms with E-state index in [9.17, 15) is 13.2 Å². The first-order chi connectivity index (χ1) is 8.49. The van der Waals surface area contributed by atoms with Gasteiger partial charge in [0.05, 0.1) is 17.2 Å². The molecule has 6 heteroatoms. The third-order valence-corrected chi connectivity index (χ3v) is 2.17. The number of anilines is 1. The van der Waals surface area contributed by atoms with Gasteiger partial charge in [-0.2, -0.15) is 18.4 Å². The third kappa shape index (κ3) is 3.79. The van der Waals surface area contributed by atoms with Crippen molar-refractivity contribution in [2.24, 2.45) is 5.73 Å². The average molecular weight is 255 g/mol. The van der Waals surface area contributed by atoms with Crippen LogP contribution in [0.5, 0.6) is 0 Å². The van der Waals surface area contributed by atoms with Gasteiger partial charge in [0.25, 0.3) is 0 Å². The number of nitriles is 1. The minimum atomic E-state index is -4.53. The highest BCUT2D eigenvalue weighted by molar-refractivity contribution is 5.53. The Balaban J connectivity index is 2.91. The van der Waals surface area contributed by atoms with Gasteiger partial charge < -0.3 is 11.1 Å². The number of hydrogen-bond donors (Lipinski definition) is 2. The summed E-state index contributed by atoms with van der Waals surface area (Å²) >= 11 is 0. The van der Waals surface area contributed by atoms with Crippen molar-refractivity contribution < 1.29 is 13.2 Å². The van der Waals surface area contributed by atoms with Gasteiger partial charge >= 0.3 is 6.18 Å². The molecule has 1 rings (SSSR count). The molecule has 0 bridgehead atoms. The Morgan fingerprint density at radius 3 is 2.61 bits per heavy atom. The molecule has 0 saturated heterocycles. The quantitative estimate of drug-likeness (QED) is 0.812. The van der Waals surface area contributed by atoms with Gasteiger partial charge in [0, 0.05) is 18.8 Å². The highest BCUT2D eigenvalue weighted by Crippen LogP contribution is 2.33. The Labute approximate surface area is 103 Å². The molecule has 0 spiro atoms. The minimum Gasteiger partial charge on any atom is -0.382 e. The lowest BCUT2D eigenvalue weighted by atomic mass is 10.1. The van der Waals surface area contributed by atoms with Crippen molar-refractivity contribution >= 4 is 5.69 Å². The zero-order valence-electron chi connectivity index (χ0n) is 9.46. The Morgan fingerprint density at radius 2 is 2.06 bits per heavy atom. The van der Waals surface area contributed by atoms with Crippen molar-refractivity contribution in [1.82, 2.24) is 0 Å². The SMILES string of the molecule is N#Cc1ccc(NC/C=C/CN)cc1C(F)(F)F. The van der Waals surface area contributed by atoms with E-state index >= 15 is 0 Å². The van der Waals surface area contributed by atoms with Crippen LogP contribution >= 0.6 is 0 Å². The van der Waals surface area contributed by atoms with Gasteiger partial charge in [-0.15, -0.1) is 0 Å². The maximum atomic E-state index is 12.6. The summed E-state index contributed by atoms with van der Waals surface area (Å²) in [7, 11) is 0. The first-order valence-electron chi connectivity index (χ1n) is 5.19. The fraction of sp³-hybridized carbons (Fsp3) is 0.250. The predicted molar refractivity (Wildman–Crippen MR) is 62.8 cm³/mol. The van der Waals surface area contributed by atoms with Crippen LogP contribution in [0.25, 0.3) is 0 Å². The second-order valence-corrected chi connectivity index (χ2v) is 3.46. The zero-order valence-corrected chi connectivity index (χ0v) is 9.46. The van der Waals surface area contributed by atoms with Crippen LogP contribution in [-0.4, -0.2) is 13.1 Å². The number of nitrogens with one attached hydrogen (secondary N) is 1. The Bertz CT molecular complexity index is 472. The van der Waals surface area contributed by atoms with Crippen LogP contribution in [0.4, 0.5) is 18.9 Å². The molecule has 0 aliphatic carbocycles. The minimum absolute atomic E-state index is 0.308. The molecule has 96 valence electrons. The molecular formula is C12H12F3N3. The highest BCUT2D eigenvalue weighted by Gasteiger charge is 2.33. The molecule has 0 atom stereocenters. The molecular weight excluding hydrogens is 243 g/mol. The summed E-state index contributed by atoms with van der Waals surface area (Å²) in [4.78, 5) is 0. The second kappa shape index (κ2) is 6.07. The molecule has 0 fully saturated rings. The molecule has 1 aromatic rings. The number of rotatable bonds is 4. The van der Waals surface area contributed by atoms with Gasteiger partial charge in [-0.25, -0.2) is 0 Å². The Hall–Kier alpha value is -2.00. The molecule has 0 amide bonds. The first-order valence-corrected chi connectivity index (χ1v) is 5.19. The lowest BCUT2D eigenvalue weighted by Crippen LogP contribution is -2.09. The predicted octanol–water partition coefficient (Wildman–Crippen LogP) is 2.50. The topological polar surface area (TPSA) is 61.8 Å². The molecule has 18 heavy (non-hydrogen) atoms. The van der Waals surface area contributed by atoms with E-state index in [4.69, 9.17) is 11.0 Å². The van der Waals surface area contributed by atoms with E-state index in [2.05, 4.69) is 5.32 Å². The number of benzene rings is 1. The van der Waals surface area contributed by atoms with E-state index in [1.54, 1.807) is 12.2 Å². The van der Waals surface area contributed by atoms with Crippen molar-refractivity contribution in [2.75, 3.05) is 18.4 Å². The van der Waals surface area contributed by atoms with E-state index in [1.807, 2.05) is 0 Å². The van der Waals surface area contributed by atoms with Crippen LogP contribution in [-0.2, 0) is 6.18 Å². The summed E-state index contributed by atoms with van der Waals surface area (Å²) in [6.07, 6.45) is -1.12. The maximum Gasteiger partial charge on any atom is 0.417 e. The van der Waals surface area contributed by atoms with Gasteiger partial charge in [0.15, 0.2) is 0 Å². The van der Waals surface area contributed by atoms with Gasteiger partial charge in [-0.3, -0.25) is 0 Å². The standard InChI is InChI=1S/C12H12F3N3/c13-12(14,15)11-7-10(4-3-9(11)8-17)18-6-2-1-5-16/h1-4,7,18H,5-6,16H2/b2-1+. The summed E-state index contributed by atoms with van der Waals surface area (Å²) in [5, 5.41) is 11.4. The van der Waals surface area contributed by atoms with Crippen LogP contribution in [0.15, 0.2) is 30.4 Å². The molecule has 0 heterocycles. The number of alkyl halides is 3. The van der Waals surface area contributed by atoms with Crippen molar-refractivity contribution in [3.8, 4) is 6.07 Å². The van der Waals surface area contributed by atoms with E-state index < -0.39 is 11.7 Å². The van der Waals surface area contributed by atoms with Crippen LogP contribution in [0.1, 0.15) is 11.1 Å². The molecule has 1 aromatic carbocycles. The van der Waals surface area contributed by atoms with Crippen LogP contribution in [0.2, 0.25) is 0 Å². The van der Waals surface area contributed by atoms with Gasteiger partial charge in [0.1, 0.15) is 0 Å². The monoisotopic (exact) mass is 255 g/mol. The summed E-state index contributed by atoms with van der Waals surface area (Å²) < 4.78 is 37.9. The summed E-state index contributed by atoms with van der Waals surface area (Å²) in [6.45, 7) is 0.753. The molecule has 0 aliphatic heterocycles. The second-order valence-electron chi connectivity index (χ2n) is 3.46. The molecule has 3 N–H and O–H groups in total. The lowest BCUT2D eigenvalue weighted by molar-refractivity contribution is -0.137. The zero-order chi connectivity index (χ0) is 13.6. The van der Waals surface area contributed by atoms with E-state index in [0.717, 1.165) is 12.1 Å². The summed E-state index contributed by atoms with van der Waals surface area (Å²) in [6, 6.07) is 5.04. The van der Waals surface area contributed by atoms with Crippen molar-refractivity contribution in [2.45, 2.75) is 6.18 Å². The highest BCUT2D eigenvalue weighted by atomic mass is 19.4. The van der Waals surface area contributed by atoms with Crippen molar-refractivity contribution in [3.05, 3.63) is 41.5 Å². The third-order valence-electron chi connectivity index (χ3n) is 2.17. The van der Waals surface area contributed by atoms with Crippen molar-refractivity contribution in [1.29, 1.82) is 5.26 Å². The Kier molecular flexibility index (Phi) is 4.75. The molecule has 0 aliphatic rings. The van der Waals surface area contributed by atoms with Gasteiger partial charge in [0.2, 0.25) is 0 Å². The maximum absolute atomic E-state index is 12.6. The average Bonchev–Trinajstić information content (AvgIpc) is 2.33. The number of nitrogens with zero attached hydrogens (tertiary/aromatic N) is 1. The van der Waals surface area contributed by atoms with Crippen LogP contribution in [0, 0.1) is 11.3 Å². The number of hydrogen-bond acceptors (Lipinski definition) is 3. The first kappa shape index (κ1) is 14.1. The fourth-order valence-corrected chi connectivity index (χ4v) is 1.34. The largest absolute Gasteiger partial charge is 0.417 e. The number of halogens is 3. The van der Waals surface area contributed by atoms with Gasteiger partial charge in [-0.1, -0.05) is 12.2 Å². The molecule has 0 saturated carbocycles. The van der Waals surface area contributed by atoms with Crippen LogP contribution in [0.3, 0.4) is 0 Å². The van der Waals surface area contributed by atoms with E-state index in [0.29, 0.717) is 18.8 Å². The lowest BCUT2D eigenvalue weighted by Gasteiger charge is -2.11. The van der Waals surface area contributed by atoms with E-state index in [-0.39, 0.29) is 5.56 Å².